The first-order chi connectivity index (χ1) is 20.6. The maximum absolute atomic E-state index is 13.4. The third kappa shape index (κ3) is 8.65. The SMILES string of the molecule is COc1ccc([P@]2(=S)O[C@H](CO[Si](C)(C)C(C)(C)C(C)C)[C@@H](O[Si](C)(C)C(C)(C)C(C)C)C[C@@H](N3CCC(=S)NC3=O)S2)cc1. The van der Waals surface area contributed by atoms with Crippen molar-refractivity contribution in [1.82, 2.24) is 10.2 Å². The number of urea groups is 1. The number of methoxy groups -OCH3 is 1. The fourth-order valence-electron chi connectivity index (χ4n) is 5.41. The van der Waals surface area contributed by atoms with Crippen LogP contribution in [0.15, 0.2) is 24.3 Å². The van der Waals surface area contributed by atoms with Gasteiger partial charge in [0.25, 0.3) is 0 Å². The van der Waals surface area contributed by atoms with Crippen LogP contribution in [0.1, 0.15) is 68.2 Å². The van der Waals surface area contributed by atoms with E-state index in [-0.39, 0.29) is 27.6 Å². The van der Waals surface area contributed by atoms with Crippen LogP contribution in [0.5, 0.6) is 5.75 Å². The Morgan fingerprint density at radius 1 is 1.04 bits per heavy atom. The maximum atomic E-state index is 13.4. The van der Waals surface area contributed by atoms with E-state index in [0.717, 1.165) is 11.1 Å². The van der Waals surface area contributed by atoms with Gasteiger partial charge in [-0.3, -0.25) is 0 Å². The molecule has 4 atom stereocenters. The zero-order valence-corrected chi connectivity index (χ0v) is 35.0. The van der Waals surface area contributed by atoms with Gasteiger partial charge >= 0.3 is 6.03 Å². The van der Waals surface area contributed by atoms with Gasteiger partial charge in [0.05, 0.1) is 30.2 Å². The number of carbonyl (C=O) groups excluding carboxylic acids is 1. The van der Waals surface area contributed by atoms with Crippen LogP contribution in [0, 0.1) is 11.8 Å². The largest absolute Gasteiger partial charge is 0.497 e. The third-order valence-electron chi connectivity index (χ3n) is 11.3. The summed E-state index contributed by atoms with van der Waals surface area (Å²) in [5.41, 5.74) is -2.75. The van der Waals surface area contributed by atoms with Gasteiger partial charge in [0.15, 0.2) is 22.1 Å². The molecular weight excluding hydrogens is 676 g/mol. The van der Waals surface area contributed by atoms with Gasteiger partial charge in [-0.15, -0.1) is 0 Å². The van der Waals surface area contributed by atoms with Gasteiger partial charge in [0, 0.05) is 24.7 Å². The van der Waals surface area contributed by atoms with Gasteiger partial charge in [0.2, 0.25) is 0 Å². The molecule has 256 valence electrons. The Labute approximate surface area is 289 Å². The predicted octanol–water partition coefficient (Wildman–Crippen LogP) is 8.91. The van der Waals surface area contributed by atoms with Crippen LogP contribution in [-0.4, -0.2) is 70.4 Å². The summed E-state index contributed by atoms with van der Waals surface area (Å²) in [7, 11) is -2.88. The van der Waals surface area contributed by atoms with Crippen LogP contribution < -0.4 is 15.4 Å². The van der Waals surface area contributed by atoms with Gasteiger partial charge < -0.3 is 28.3 Å². The molecule has 1 aromatic carbocycles. The van der Waals surface area contributed by atoms with Crippen molar-refractivity contribution >= 4 is 73.8 Å². The van der Waals surface area contributed by atoms with E-state index in [0.29, 0.717) is 42.8 Å². The fraction of sp³-hybridized carbons (Fsp3) is 0.750. The number of rotatable bonds is 12. The normalized spacial score (nSPS) is 25.8. The molecule has 2 aliphatic heterocycles. The first kappa shape index (κ1) is 39.1. The van der Waals surface area contributed by atoms with Crippen molar-refractivity contribution in [3.05, 3.63) is 24.3 Å². The van der Waals surface area contributed by atoms with Crippen LogP contribution >= 0.6 is 29.1 Å². The molecule has 0 aromatic heterocycles. The van der Waals surface area contributed by atoms with Crippen molar-refractivity contribution in [2.75, 3.05) is 20.3 Å². The van der Waals surface area contributed by atoms with E-state index in [9.17, 15) is 4.79 Å². The zero-order chi connectivity index (χ0) is 34.2. The van der Waals surface area contributed by atoms with Gasteiger partial charge in [-0.05, 0) is 72.4 Å². The summed E-state index contributed by atoms with van der Waals surface area (Å²) in [6, 6.07) is 7.70. The van der Waals surface area contributed by atoms with Crippen LogP contribution in [0.25, 0.3) is 0 Å². The lowest BCUT2D eigenvalue weighted by atomic mass is 9.99. The average Bonchev–Trinajstić information content (AvgIpc) is 3.07. The highest BCUT2D eigenvalue weighted by Crippen LogP contribution is 2.65. The Morgan fingerprint density at radius 3 is 2.11 bits per heavy atom. The van der Waals surface area contributed by atoms with Crippen LogP contribution in [-0.2, 0) is 25.2 Å². The minimum Gasteiger partial charge on any atom is -0.497 e. The average molecular weight is 733 g/mol. The molecule has 1 aromatic rings. The molecule has 3 rings (SSSR count). The molecule has 7 nitrogen and oxygen atoms in total. The lowest BCUT2D eigenvalue weighted by Crippen LogP contribution is -2.55. The summed E-state index contributed by atoms with van der Waals surface area (Å²) in [4.78, 5) is 15.8. The quantitative estimate of drug-likeness (QED) is 0.130. The third-order valence-corrected chi connectivity index (χ3v) is 27.3. The van der Waals surface area contributed by atoms with E-state index in [4.69, 9.17) is 42.1 Å². The molecule has 0 radical (unpaired) electrons. The van der Waals surface area contributed by atoms with Crippen molar-refractivity contribution in [2.24, 2.45) is 11.8 Å². The monoisotopic (exact) mass is 732 g/mol. The number of hydrogen-bond acceptors (Lipinski definition) is 8. The lowest BCUT2D eigenvalue weighted by molar-refractivity contribution is 0.0108. The molecule has 0 spiro atoms. The highest BCUT2D eigenvalue weighted by atomic mass is 32.9. The molecule has 0 bridgehead atoms. The van der Waals surface area contributed by atoms with Gasteiger partial charge in [-0.25, -0.2) is 4.79 Å². The number of nitrogens with one attached hydrogen (secondary N) is 1. The fourth-order valence-corrected chi connectivity index (χ4v) is 17.3. The van der Waals surface area contributed by atoms with Crippen molar-refractivity contribution in [1.29, 1.82) is 0 Å². The smallest absolute Gasteiger partial charge is 0.323 e. The van der Waals surface area contributed by atoms with E-state index in [1.165, 1.54) is 0 Å². The Hall–Kier alpha value is -0.306. The molecule has 2 aliphatic rings. The molecule has 0 unspecified atom stereocenters. The number of amides is 2. The molecule has 2 fully saturated rings. The van der Waals surface area contributed by atoms with Crippen molar-refractivity contribution in [2.45, 2.75) is 122 Å². The Kier molecular flexibility index (Phi) is 12.8. The maximum Gasteiger partial charge on any atom is 0.323 e. The number of ether oxygens (including phenoxy) is 1. The first-order valence-electron chi connectivity index (χ1n) is 16.1. The van der Waals surface area contributed by atoms with Crippen LogP contribution in [0.4, 0.5) is 4.79 Å². The molecule has 45 heavy (non-hydrogen) atoms. The molecule has 1 N–H and O–H groups in total. The number of benzene rings is 1. The molecule has 0 saturated carbocycles. The molecule has 2 saturated heterocycles. The minimum atomic E-state index is -2.75. The van der Waals surface area contributed by atoms with Crippen LogP contribution in [0.3, 0.4) is 0 Å². The van der Waals surface area contributed by atoms with Gasteiger partial charge in [0.1, 0.15) is 11.9 Å². The Balaban J connectivity index is 2.13. The highest BCUT2D eigenvalue weighted by Gasteiger charge is 2.51. The second-order valence-electron chi connectivity index (χ2n) is 15.2. The summed E-state index contributed by atoms with van der Waals surface area (Å²) in [5.74, 6) is 1.66. The van der Waals surface area contributed by atoms with E-state index in [1.54, 1.807) is 18.5 Å². The predicted molar refractivity (Wildman–Crippen MR) is 204 cm³/mol. The number of thiocarbonyl (C=S) groups is 1. The van der Waals surface area contributed by atoms with Crippen molar-refractivity contribution < 1.29 is 22.9 Å². The van der Waals surface area contributed by atoms with Gasteiger partial charge in [-0.2, -0.15) is 0 Å². The van der Waals surface area contributed by atoms with E-state index in [2.05, 4.69) is 86.9 Å². The zero-order valence-electron chi connectivity index (χ0n) is 29.7. The summed E-state index contributed by atoms with van der Waals surface area (Å²) >= 11 is 13.5. The number of carbonyl (C=O) groups is 1. The van der Waals surface area contributed by atoms with Crippen molar-refractivity contribution in [3.8, 4) is 5.75 Å². The molecule has 2 heterocycles. The van der Waals surface area contributed by atoms with E-state index < -0.39 is 28.2 Å². The summed E-state index contributed by atoms with van der Waals surface area (Å²) < 4.78 is 27.0. The van der Waals surface area contributed by atoms with Gasteiger partial charge in [-0.1, -0.05) is 90.8 Å². The molecule has 0 aliphatic carbocycles. The summed E-state index contributed by atoms with van der Waals surface area (Å²) in [6.07, 6.45) is 0.508. The summed E-state index contributed by atoms with van der Waals surface area (Å²) in [6.45, 7) is 28.5. The Morgan fingerprint density at radius 2 is 1.60 bits per heavy atom. The summed E-state index contributed by atoms with van der Waals surface area (Å²) in [5, 5.41) is 3.61. The number of hydrogen-bond donors (Lipinski definition) is 1. The Bertz CT molecular complexity index is 1260. The topological polar surface area (TPSA) is 69.3 Å². The number of nitrogens with zero attached hydrogens (tertiary/aromatic N) is 1. The second-order valence-corrected chi connectivity index (χ2v) is 31.7. The minimum absolute atomic E-state index is 0.00806. The van der Waals surface area contributed by atoms with E-state index >= 15 is 0 Å². The van der Waals surface area contributed by atoms with E-state index in [1.807, 2.05) is 29.2 Å². The van der Waals surface area contributed by atoms with Crippen LogP contribution in [0.2, 0.25) is 36.3 Å². The molecule has 13 heteroatoms. The first-order valence-corrected chi connectivity index (χ1v) is 26.5. The second kappa shape index (κ2) is 14.7. The molecule has 2 amide bonds. The van der Waals surface area contributed by atoms with Crippen molar-refractivity contribution in [3.63, 3.8) is 0 Å². The highest BCUT2D eigenvalue weighted by molar-refractivity contribution is 8.71. The standard InChI is InChI=1S/C32H57N2O5PS3Si2/c1-22(2)31(5,6)44(10,11)37-21-27-26(39-45(12,13)32(7,8)23(3)4)20-29(34-19-18-28(41)33-30(34)35)43-40(42,38-27)25-16-14-24(36-9)15-17-25/h14-17,22-23,26-27,29H,18-21H2,1-13H3,(H,33,35,41)/t26-,27+,29-,40+/m0/s1. The molecular formula is C32H57N2O5PS3Si2. The lowest BCUT2D eigenvalue weighted by Gasteiger charge is -2.47.